The normalized spacial score (nSPS) is 31.6. The van der Waals surface area contributed by atoms with E-state index in [1.54, 1.807) is 6.92 Å². The maximum atomic E-state index is 12.1. The first-order chi connectivity index (χ1) is 8.42. The molecule has 7 nitrogen and oxygen atoms in total. The second-order valence-corrected chi connectivity index (χ2v) is 4.90. The minimum absolute atomic E-state index is 0.123. The molecule has 2 aliphatic heterocycles. The summed E-state index contributed by atoms with van der Waals surface area (Å²) in [5, 5.41) is 13.6. The molecule has 0 spiro atoms. The fourth-order valence-electron chi connectivity index (χ4n) is 2.15. The van der Waals surface area contributed by atoms with Crippen molar-refractivity contribution < 1.29 is 24.2 Å². The van der Waals surface area contributed by atoms with Crippen molar-refractivity contribution >= 4 is 17.8 Å². The molecule has 0 aromatic rings. The second-order valence-electron chi connectivity index (χ2n) is 4.90. The van der Waals surface area contributed by atoms with E-state index in [1.807, 2.05) is 0 Å². The quantitative estimate of drug-likeness (QED) is 0.575. The summed E-state index contributed by atoms with van der Waals surface area (Å²) in [6.45, 7) is 2.51. The summed E-state index contributed by atoms with van der Waals surface area (Å²) < 4.78 is 5.03. The highest BCUT2D eigenvalue weighted by molar-refractivity contribution is 5.96. The standard InChI is InChI=1S/C11H16N2O5/c1-11(5-18-11)8(14)7(13-10(16)17)4-6-2-3-12-9(6)15/h6-7,13H,2-5H2,1H3,(H,12,15)(H,16,17)/t6-,7?,11+/m0/s1. The summed E-state index contributed by atoms with van der Waals surface area (Å²) in [5.74, 6) is -0.736. The number of rotatable bonds is 5. The predicted molar refractivity (Wildman–Crippen MR) is 60.0 cm³/mol. The van der Waals surface area contributed by atoms with E-state index in [-0.39, 0.29) is 24.0 Å². The number of Topliss-reactive ketones (excluding diaryl/α,β-unsaturated/α-hetero) is 1. The third-order valence-electron chi connectivity index (χ3n) is 3.40. The van der Waals surface area contributed by atoms with Crippen molar-refractivity contribution in [1.29, 1.82) is 0 Å². The van der Waals surface area contributed by atoms with Gasteiger partial charge in [0.1, 0.15) is 5.60 Å². The van der Waals surface area contributed by atoms with Crippen LogP contribution in [0.5, 0.6) is 0 Å². The van der Waals surface area contributed by atoms with Crippen LogP contribution in [0.1, 0.15) is 19.8 Å². The van der Waals surface area contributed by atoms with Crippen LogP contribution < -0.4 is 10.6 Å². The highest BCUT2D eigenvalue weighted by Crippen LogP contribution is 2.30. The molecule has 3 N–H and O–H groups in total. The molecular formula is C11H16N2O5. The van der Waals surface area contributed by atoms with Gasteiger partial charge in [0.05, 0.1) is 12.6 Å². The highest BCUT2D eigenvalue weighted by atomic mass is 16.6. The van der Waals surface area contributed by atoms with E-state index in [4.69, 9.17) is 9.84 Å². The van der Waals surface area contributed by atoms with Crippen LogP contribution in [-0.4, -0.2) is 47.7 Å². The zero-order chi connectivity index (χ0) is 13.3. The van der Waals surface area contributed by atoms with Gasteiger partial charge in [-0.05, 0) is 19.8 Å². The molecule has 0 saturated carbocycles. The van der Waals surface area contributed by atoms with Gasteiger partial charge in [0.2, 0.25) is 5.91 Å². The average molecular weight is 256 g/mol. The first kappa shape index (κ1) is 12.8. The number of carbonyl (C=O) groups is 3. The van der Waals surface area contributed by atoms with E-state index in [9.17, 15) is 14.4 Å². The number of nitrogens with one attached hydrogen (secondary N) is 2. The molecule has 0 aromatic carbocycles. The monoisotopic (exact) mass is 256 g/mol. The van der Waals surface area contributed by atoms with Crippen LogP contribution in [0.3, 0.4) is 0 Å². The summed E-state index contributed by atoms with van der Waals surface area (Å²) in [6.07, 6.45) is -0.451. The molecule has 2 rings (SSSR count). The Kier molecular flexibility index (Phi) is 3.25. The van der Waals surface area contributed by atoms with E-state index in [1.165, 1.54) is 0 Å². The Balaban J connectivity index is 2.02. The number of amides is 2. The van der Waals surface area contributed by atoms with Crippen molar-refractivity contribution in [2.75, 3.05) is 13.2 Å². The largest absolute Gasteiger partial charge is 0.465 e. The van der Waals surface area contributed by atoms with Crippen LogP contribution in [0.25, 0.3) is 0 Å². The molecule has 2 aliphatic rings. The summed E-state index contributed by atoms with van der Waals surface area (Å²) in [5.41, 5.74) is -0.887. The van der Waals surface area contributed by atoms with Gasteiger partial charge in [0, 0.05) is 12.5 Å². The summed E-state index contributed by atoms with van der Waals surface area (Å²) >= 11 is 0. The summed E-state index contributed by atoms with van der Waals surface area (Å²) in [4.78, 5) is 34.2. The number of epoxide rings is 1. The lowest BCUT2D eigenvalue weighted by Gasteiger charge is -2.19. The number of carboxylic acid groups (broad SMARTS) is 1. The third-order valence-corrected chi connectivity index (χ3v) is 3.40. The van der Waals surface area contributed by atoms with Crippen molar-refractivity contribution in [3.05, 3.63) is 0 Å². The molecule has 7 heteroatoms. The Morgan fingerprint density at radius 3 is 2.78 bits per heavy atom. The summed E-state index contributed by atoms with van der Waals surface area (Å²) in [6, 6.07) is -0.885. The average Bonchev–Trinajstić information content (AvgIpc) is 2.92. The molecule has 0 aliphatic carbocycles. The Hall–Kier alpha value is -1.63. The van der Waals surface area contributed by atoms with Gasteiger partial charge in [-0.1, -0.05) is 0 Å². The lowest BCUT2D eigenvalue weighted by Crippen LogP contribution is -2.47. The molecule has 1 unspecified atom stereocenters. The SMILES string of the molecule is C[C@]1(C(=O)C(C[C@@H]2CCNC2=O)NC(=O)O)CO1. The molecule has 2 fully saturated rings. The molecule has 0 radical (unpaired) electrons. The Bertz CT molecular complexity index is 391. The van der Waals surface area contributed by atoms with Gasteiger partial charge in [-0.25, -0.2) is 4.79 Å². The fraction of sp³-hybridized carbons (Fsp3) is 0.727. The van der Waals surface area contributed by atoms with Crippen LogP contribution in [0, 0.1) is 5.92 Å². The number of ketones is 1. The molecule has 2 amide bonds. The van der Waals surface area contributed by atoms with E-state index < -0.39 is 17.7 Å². The second kappa shape index (κ2) is 4.56. The zero-order valence-electron chi connectivity index (χ0n) is 10.1. The van der Waals surface area contributed by atoms with E-state index in [2.05, 4.69) is 10.6 Å². The molecular weight excluding hydrogens is 240 g/mol. The smallest absolute Gasteiger partial charge is 0.405 e. The van der Waals surface area contributed by atoms with Crippen LogP contribution in [0.15, 0.2) is 0 Å². The lowest BCUT2D eigenvalue weighted by molar-refractivity contribution is -0.127. The van der Waals surface area contributed by atoms with Crippen molar-refractivity contribution in [3.8, 4) is 0 Å². The fourth-order valence-corrected chi connectivity index (χ4v) is 2.15. The molecule has 0 bridgehead atoms. The summed E-state index contributed by atoms with van der Waals surface area (Å²) in [7, 11) is 0. The van der Waals surface area contributed by atoms with Gasteiger partial charge in [-0.3, -0.25) is 9.59 Å². The number of carbonyl (C=O) groups excluding carboxylic acids is 2. The maximum absolute atomic E-state index is 12.1. The molecule has 2 heterocycles. The third kappa shape index (κ3) is 2.61. The molecule has 0 aromatic heterocycles. The van der Waals surface area contributed by atoms with Crippen LogP contribution in [-0.2, 0) is 14.3 Å². The lowest BCUT2D eigenvalue weighted by atomic mass is 9.91. The molecule has 100 valence electrons. The van der Waals surface area contributed by atoms with Gasteiger partial charge in [0.15, 0.2) is 5.78 Å². The van der Waals surface area contributed by atoms with Gasteiger partial charge in [-0.15, -0.1) is 0 Å². The molecule has 18 heavy (non-hydrogen) atoms. The highest BCUT2D eigenvalue weighted by Gasteiger charge is 2.50. The predicted octanol–water partition coefficient (Wildman–Crippen LogP) is -0.493. The topological polar surface area (TPSA) is 108 Å². The van der Waals surface area contributed by atoms with Gasteiger partial charge >= 0.3 is 6.09 Å². The van der Waals surface area contributed by atoms with E-state index in [0.29, 0.717) is 19.6 Å². The van der Waals surface area contributed by atoms with Crippen LogP contribution in [0.4, 0.5) is 4.79 Å². The van der Waals surface area contributed by atoms with E-state index >= 15 is 0 Å². The molecule has 3 atom stereocenters. The minimum atomic E-state index is -1.27. The first-order valence-corrected chi connectivity index (χ1v) is 5.88. The zero-order valence-corrected chi connectivity index (χ0v) is 10.1. The van der Waals surface area contributed by atoms with E-state index in [0.717, 1.165) is 0 Å². The Morgan fingerprint density at radius 1 is 1.67 bits per heavy atom. The number of ether oxygens (including phenoxy) is 1. The number of hydrogen-bond donors (Lipinski definition) is 3. The Labute approximate surface area is 104 Å². The maximum Gasteiger partial charge on any atom is 0.405 e. The number of hydrogen-bond acceptors (Lipinski definition) is 4. The van der Waals surface area contributed by atoms with Crippen molar-refractivity contribution in [1.82, 2.24) is 10.6 Å². The van der Waals surface area contributed by atoms with Gasteiger partial charge in [0.25, 0.3) is 0 Å². The minimum Gasteiger partial charge on any atom is -0.465 e. The van der Waals surface area contributed by atoms with Crippen LogP contribution >= 0.6 is 0 Å². The van der Waals surface area contributed by atoms with Crippen LogP contribution in [0.2, 0.25) is 0 Å². The van der Waals surface area contributed by atoms with Crippen molar-refractivity contribution in [3.63, 3.8) is 0 Å². The van der Waals surface area contributed by atoms with Crippen molar-refractivity contribution in [2.24, 2.45) is 5.92 Å². The molecule has 2 saturated heterocycles. The first-order valence-electron chi connectivity index (χ1n) is 5.88. The van der Waals surface area contributed by atoms with Gasteiger partial charge in [-0.2, -0.15) is 0 Å². The van der Waals surface area contributed by atoms with Crippen molar-refractivity contribution in [2.45, 2.75) is 31.4 Å². The van der Waals surface area contributed by atoms with Gasteiger partial charge < -0.3 is 20.5 Å². The Morgan fingerprint density at radius 2 is 2.33 bits per heavy atom.